The SMILES string of the molecule is COc1cc(N2CCN(Cc3c4c(nn3C)CCC4)CC2)ncn1. The van der Waals surface area contributed by atoms with Crippen molar-refractivity contribution in [3.05, 3.63) is 29.3 Å². The third kappa shape index (κ3) is 2.84. The highest BCUT2D eigenvalue weighted by atomic mass is 16.5. The van der Waals surface area contributed by atoms with Gasteiger partial charge >= 0.3 is 0 Å². The third-order valence-corrected chi connectivity index (χ3v) is 5.10. The first-order valence-electron chi connectivity index (χ1n) is 8.61. The van der Waals surface area contributed by atoms with Crippen LogP contribution in [0, 0.1) is 0 Å². The van der Waals surface area contributed by atoms with E-state index in [0.29, 0.717) is 5.88 Å². The number of aromatic nitrogens is 4. The molecule has 4 rings (SSSR count). The lowest BCUT2D eigenvalue weighted by Gasteiger charge is -2.35. The van der Waals surface area contributed by atoms with E-state index in [0.717, 1.165) is 45.0 Å². The van der Waals surface area contributed by atoms with Crippen molar-refractivity contribution in [3.8, 4) is 5.88 Å². The molecule has 7 heteroatoms. The fourth-order valence-electron chi connectivity index (χ4n) is 3.74. The molecule has 0 unspecified atom stereocenters. The van der Waals surface area contributed by atoms with Gasteiger partial charge in [0.2, 0.25) is 5.88 Å². The summed E-state index contributed by atoms with van der Waals surface area (Å²) in [7, 11) is 3.72. The van der Waals surface area contributed by atoms with Crippen LogP contribution in [0.3, 0.4) is 0 Å². The fourth-order valence-corrected chi connectivity index (χ4v) is 3.74. The van der Waals surface area contributed by atoms with E-state index in [4.69, 9.17) is 4.74 Å². The molecule has 2 aliphatic rings. The Balaban J connectivity index is 1.40. The minimum absolute atomic E-state index is 0.618. The van der Waals surface area contributed by atoms with Crippen molar-refractivity contribution in [1.82, 2.24) is 24.6 Å². The standard InChI is InChI=1S/C17H24N6O/c1-21-15(13-4-3-5-14(13)20-21)11-22-6-8-23(9-7-22)16-10-17(24-2)19-12-18-16/h10,12H,3-9,11H2,1-2H3. The maximum atomic E-state index is 5.19. The molecule has 7 nitrogen and oxygen atoms in total. The lowest BCUT2D eigenvalue weighted by atomic mass is 10.2. The van der Waals surface area contributed by atoms with Crippen LogP contribution in [-0.4, -0.2) is 57.9 Å². The van der Waals surface area contributed by atoms with Crippen LogP contribution in [0.15, 0.2) is 12.4 Å². The summed E-state index contributed by atoms with van der Waals surface area (Å²) >= 11 is 0. The molecule has 0 saturated carbocycles. The predicted octanol–water partition coefficient (Wildman–Crippen LogP) is 1.03. The predicted molar refractivity (Wildman–Crippen MR) is 91.3 cm³/mol. The van der Waals surface area contributed by atoms with Gasteiger partial charge in [-0.1, -0.05) is 0 Å². The lowest BCUT2D eigenvalue weighted by Crippen LogP contribution is -2.46. The number of hydrogen-bond acceptors (Lipinski definition) is 6. The molecule has 2 aromatic heterocycles. The van der Waals surface area contributed by atoms with Crippen molar-refractivity contribution >= 4 is 5.82 Å². The van der Waals surface area contributed by atoms with E-state index in [-0.39, 0.29) is 0 Å². The number of methoxy groups -OCH3 is 1. The van der Waals surface area contributed by atoms with Gasteiger partial charge < -0.3 is 9.64 Å². The van der Waals surface area contributed by atoms with Gasteiger partial charge in [0.25, 0.3) is 0 Å². The molecule has 1 saturated heterocycles. The molecular weight excluding hydrogens is 304 g/mol. The molecule has 3 heterocycles. The van der Waals surface area contributed by atoms with Gasteiger partial charge in [-0.3, -0.25) is 9.58 Å². The second-order valence-corrected chi connectivity index (χ2v) is 6.53. The number of piperazine rings is 1. The molecule has 1 aliphatic carbocycles. The van der Waals surface area contributed by atoms with Crippen LogP contribution in [0.4, 0.5) is 5.82 Å². The van der Waals surface area contributed by atoms with Crippen molar-refractivity contribution in [1.29, 1.82) is 0 Å². The maximum Gasteiger partial charge on any atom is 0.218 e. The number of anilines is 1. The molecule has 128 valence electrons. The summed E-state index contributed by atoms with van der Waals surface area (Å²) in [4.78, 5) is 13.3. The number of nitrogens with zero attached hydrogens (tertiary/aromatic N) is 6. The molecule has 0 bridgehead atoms. The largest absolute Gasteiger partial charge is 0.481 e. The summed E-state index contributed by atoms with van der Waals surface area (Å²) in [6.45, 7) is 5.01. The summed E-state index contributed by atoms with van der Waals surface area (Å²) in [5.74, 6) is 1.57. The zero-order chi connectivity index (χ0) is 16.5. The number of fused-ring (bicyclic) bond motifs is 1. The Bertz CT molecular complexity index is 720. The van der Waals surface area contributed by atoms with Gasteiger partial charge in [-0.2, -0.15) is 5.10 Å². The Hall–Kier alpha value is -2.15. The molecule has 2 aromatic rings. The minimum atomic E-state index is 0.618. The van der Waals surface area contributed by atoms with E-state index in [9.17, 15) is 0 Å². The van der Waals surface area contributed by atoms with Crippen LogP contribution in [0.5, 0.6) is 5.88 Å². The molecule has 0 amide bonds. The van der Waals surface area contributed by atoms with Gasteiger partial charge in [-0.05, 0) is 24.8 Å². The van der Waals surface area contributed by atoms with Crippen molar-refractivity contribution in [3.63, 3.8) is 0 Å². The second kappa shape index (κ2) is 6.39. The van der Waals surface area contributed by atoms with Crippen LogP contribution in [0.25, 0.3) is 0 Å². The van der Waals surface area contributed by atoms with Crippen molar-refractivity contribution < 1.29 is 4.74 Å². The van der Waals surface area contributed by atoms with E-state index in [1.165, 1.54) is 29.8 Å². The van der Waals surface area contributed by atoms with E-state index in [1.54, 1.807) is 13.4 Å². The highest BCUT2D eigenvalue weighted by Crippen LogP contribution is 2.26. The average Bonchev–Trinajstić information content (AvgIpc) is 3.18. The van der Waals surface area contributed by atoms with Crippen molar-refractivity contribution in [2.24, 2.45) is 7.05 Å². The van der Waals surface area contributed by atoms with Crippen LogP contribution < -0.4 is 9.64 Å². The number of ether oxygens (including phenoxy) is 1. The Morgan fingerprint density at radius 1 is 1.12 bits per heavy atom. The first-order chi connectivity index (χ1) is 11.7. The Kier molecular flexibility index (Phi) is 4.10. The maximum absolute atomic E-state index is 5.19. The van der Waals surface area contributed by atoms with Crippen molar-refractivity contribution in [2.45, 2.75) is 25.8 Å². The molecule has 1 fully saturated rings. The molecule has 0 radical (unpaired) electrons. The van der Waals surface area contributed by atoms with Crippen LogP contribution in [0.1, 0.15) is 23.4 Å². The van der Waals surface area contributed by atoms with Gasteiger partial charge in [0, 0.05) is 45.8 Å². The highest BCUT2D eigenvalue weighted by Gasteiger charge is 2.24. The summed E-state index contributed by atoms with van der Waals surface area (Å²) in [6.07, 6.45) is 5.17. The monoisotopic (exact) mass is 328 g/mol. The second-order valence-electron chi connectivity index (χ2n) is 6.53. The minimum Gasteiger partial charge on any atom is -0.481 e. The summed E-state index contributed by atoms with van der Waals surface area (Å²) in [5, 5.41) is 4.69. The number of hydrogen-bond donors (Lipinski definition) is 0. The van der Waals surface area contributed by atoms with E-state index in [2.05, 4.69) is 36.6 Å². The van der Waals surface area contributed by atoms with E-state index < -0.39 is 0 Å². The molecule has 0 aromatic carbocycles. The van der Waals surface area contributed by atoms with E-state index in [1.807, 2.05) is 6.07 Å². The topological polar surface area (TPSA) is 59.3 Å². The van der Waals surface area contributed by atoms with Crippen LogP contribution in [0.2, 0.25) is 0 Å². The average molecular weight is 328 g/mol. The third-order valence-electron chi connectivity index (χ3n) is 5.10. The molecular formula is C17H24N6O. The van der Waals surface area contributed by atoms with Gasteiger partial charge in [-0.15, -0.1) is 0 Å². The quantitative estimate of drug-likeness (QED) is 0.835. The smallest absolute Gasteiger partial charge is 0.218 e. The number of rotatable bonds is 4. The molecule has 0 spiro atoms. The fraction of sp³-hybridized carbons (Fsp3) is 0.588. The van der Waals surface area contributed by atoms with Gasteiger partial charge in [-0.25, -0.2) is 9.97 Å². The first-order valence-corrected chi connectivity index (χ1v) is 8.61. The molecule has 0 atom stereocenters. The molecule has 24 heavy (non-hydrogen) atoms. The molecule has 0 N–H and O–H groups in total. The molecule has 1 aliphatic heterocycles. The zero-order valence-electron chi connectivity index (χ0n) is 14.4. The van der Waals surface area contributed by atoms with Gasteiger partial charge in [0.05, 0.1) is 18.5 Å². The summed E-state index contributed by atoms with van der Waals surface area (Å²) in [5.41, 5.74) is 4.22. The summed E-state index contributed by atoms with van der Waals surface area (Å²) in [6, 6.07) is 1.91. The number of aryl methyl sites for hydroxylation is 2. The highest BCUT2D eigenvalue weighted by molar-refractivity contribution is 5.41. The van der Waals surface area contributed by atoms with Gasteiger partial charge in [0.1, 0.15) is 12.1 Å². The van der Waals surface area contributed by atoms with E-state index >= 15 is 0 Å². The Morgan fingerprint density at radius 2 is 1.96 bits per heavy atom. The normalized spacial score (nSPS) is 18.0. The Labute approximate surface area is 142 Å². The Morgan fingerprint density at radius 3 is 2.75 bits per heavy atom. The lowest BCUT2D eigenvalue weighted by molar-refractivity contribution is 0.242. The van der Waals surface area contributed by atoms with Crippen LogP contribution >= 0.6 is 0 Å². The first kappa shape index (κ1) is 15.4. The van der Waals surface area contributed by atoms with Gasteiger partial charge in [0.15, 0.2) is 0 Å². The zero-order valence-corrected chi connectivity index (χ0v) is 14.4. The van der Waals surface area contributed by atoms with Crippen molar-refractivity contribution in [2.75, 3.05) is 38.2 Å². The van der Waals surface area contributed by atoms with Crippen LogP contribution in [-0.2, 0) is 26.4 Å². The summed E-state index contributed by atoms with van der Waals surface area (Å²) < 4.78 is 7.28.